The van der Waals surface area contributed by atoms with Crippen LogP contribution in [0.2, 0.25) is 0 Å². The van der Waals surface area contributed by atoms with Gasteiger partial charge in [0.1, 0.15) is 5.78 Å². The summed E-state index contributed by atoms with van der Waals surface area (Å²) in [4.78, 5) is 10.7. The number of rotatable bonds is 6. The molecule has 0 saturated heterocycles. The molecule has 1 N–H and O–H groups in total. The van der Waals surface area contributed by atoms with Gasteiger partial charge in [-0.3, -0.25) is 0 Å². The van der Waals surface area contributed by atoms with Crippen LogP contribution in [0.25, 0.3) is 0 Å². The number of carbonyl (C=O) groups excluding carboxylic acids is 1. The molecule has 0 heterocycles. The Morgan fingerprint density at radius 3 is 2.33 bits per heavy atom. The van der Waals surface area contributed by atoms with Crippen molar-refractivity contribution >= 4 is 5.78 Å². The second-order valence-corrected chi connectivity index (χ2v) is 3.92. The lowest BCUT2D eigenvalue weighted by Crippen LogP contribution is -2.10. The lowest BCUT2D eigenvalue weighted by molar-refractivity contribution is -0.117. The predicted octanol–water partition coefficient (Wildman–Crippen LogP) is 2.01. The number of hydrogen-bond donors (Lipinski definition) is 1. The van der Waals surface area contributed by atoms with Crippen LogP contribution in [-0.4, -0.2) is 17.5 Å². The van der Waals surface area contributed by atoms with Crippen LogP contribution in [-0.2, 0) is 4.79 Å². The standard InChI is InChI=1S/C10H20O2/c1-8(2)6-10(7-11)5-4-9(3)12/h8,10-11H,4-7H2,1-3H3. The zero-order chi connectivity index (χ0) is 9.56. The average molecular weight is 172 g/mol. The van der Waals surface area contributed by atoms with Gasteiger partial charge in [-0.25, -0.2) is 0 Å². The smallest absolute Gasteiger partial charge is 0.129 e. The number of aliphatic hydroxyl groups is 1. The number of carbonyl (C=O) groups is 1. The fourth-order valence-electron chi connectivity index (χ4n) is 1.36. The summed E-state index contributed by atoms with van der Waals surface area (Å²) in [6.45, 7) is 6.09. The number of hydrogen-bond acceptors (Lipinski definition) is 2. The van der Waals surface area contributed by atoms with E-state index in [1.807, 2.05) is 0 Å². The maximum absolute atomic E-state index is 10.7. The molecule has 0 aromatic rings. The zero-order valence-electron chi connectivity index (χ0n) is 8.34. The Bertz CT molecular complexity index is 130. The van der Waals surface area contributed by atoms with Crippen LogP contribution >= 0.6 is 0 Å². The van der Waals surface area contributed by atoms with Crippen LogP contribution in [0, 0.1) is 11.8 Å². The van der Waals surface area contributed by atoms with Gasteiger partial charge in [0.05, 0.1) is 0 Å². The first-order chi connectivity index (χ1) is 5.56. The largest absolute Gasteiger partial charge is 0.396 e. The van der Waals surface area contributed by atoms with Gasteiger partial charge in [-0.2, -0.15) is 0 Å². The van der Waals surface area contributed by atoms with Gasteiger partial charge in [0, 0.05) is 13.0 Å². The summed E-state index contributed by atoms with van der Waals surface area (Å²) < 4.78 is 0. The molecule has 0 aliphatic carbocycles. The Morgan fingerprint density at radius 2 is 2.00 bits per heavy atom. The highest BCUT2D eigenvalue weighted by Gasteiger charge is 2.10. The Kier molecular flexibility index (Phi) is 5.99. The van der Waals surface area contributed by atoms with E-state index in [0.717, 1.165) is 12.8 Å². The lowest BCUT2D eigenvalue weighted by atomic mass is 9.93. The molecule has 12 heavy (non-hydrogen) atoms. The van der Waals surface area contributed by atoms with Gasteiger partial charge >= 0.3 is 0 Å². The molecule has 0 amide bonds. The van der Waals surface area contributed by atoms with Crippen molar-refractivity contribution in [1.82, 2.24) is 0 Å². The molecule has 0 aromatic carbocycles. The molecule has 0 radical (unpaired) electrons. The third kappa shape index (κ3) is 6.35. The van der Waals surface area contributed by atoms with Gasteiger partial charge in [-0.1, -0.05) is 13.8 Å². The van der Waals surface area contributed by atoms with E-state index in [0.29, 0.717) is 18.3 Å². The summed E-state index contributed by atoms with van der Waals surface area (Å²) in [6, 6.07) is 0. The Labute approximate surface area is 75.0 Å². The minimum atomic E-state index is 0.214. The second-order valence-electron chi connectivity index (χ2n) is 3.92. The van der Waals surface area contributed by atoms with E-state index in [4.69, 9.17) is 5.11 Å². The van der Waals surface area contributed by atoms with Gasteiger partial charge < -0.3 is 9.90 Å². The molecule has 0 fully saturated rings. The third-order valence-electron chi connectivity index (χ3n) is 1.97. The fourth-order valence-corrected chi connectivity index (χ4v) is 1.36. The first-order valence-electron chi connectivity index (χ1n) is 4.66. The topological polar surface area (TPSA) is 37.3 Å². The number of aliphatic hydroxyl groups excluding tert-OH is 1. The minimum absolute atomic E-state index is 0.214. The van der Waals surface area contributed by atoms with Crippen LogP contribution < -0.4 is 0 Å². The van der Waals surface area contributed by atoms with Crippen LogP contribution in [0.4, 0.5) is 0 Å². The van der Waals surface area contributed by atoms with Crippen LogP contribution in [0.15, 0.2) is 0 Å². The van der Waals surface area contributed by atoms with E-state index in [9.17, 15) is 4.79 Å². The quantitative estimate of drug-likeness (QED) is 0.665. The van der Waals surface area contributed by atoms with Gasteiger partial charge in [0.2, 0.25) is 0 Å². The van der Waals surface area contributed by atoms with Crippen molar-refractivity contribution in [2.45, 2.75) is 40.0 Å². The molecule has 72 valence electrons. The van der Waals surface area contributed by atoms with E-state index in [2.05, 4.69) is 13.8 Å². The Morgan fingerprint density at radius 1 is 1.42 bits per heavy atom. The SMILES string of the molecule is CC(=O)CCC(CO)CC(C)C. The van der Waals surface area contributed by atoms with Crippen molar-refractivity contribution in [2.75, 3.05) is 6.61 Å². The van der Waals surface area contributed by atoms with E-state index >= 15 is 0 Å². The highest BCUT2D eigenvalue weighted by Crippen LogP contribution is 2.16. The van der Waals surface area contributed by atoms with E-state index < -0.39 is 0 Å². The van der Waals surface area contributed by atoms with Crippen molar-refractivity contribution in [2.24, 2.45) is 11.8 Å². The lowest BCUT2D eigenvalue weighted by Gasteiger charge is -2.15. The summed E-state index contributed by atoms with van der Waals surface area (Å²) in [5.41, 5.74) is 0. The summed E-state index contributed by atoms with van der Waals surface area (Å²) in [7, 11) is 0. The van der Waals surface area contributed by atoms with E-state index in [-0.39, 0.29) is 12.4 Å². The molecule has 1 atom stereocenters. The van der Waals surface area contributed by atoms with Gasteiger partial charge in [0.15, 0.2) is 0 Å². The van der Waals surface area contributed by atoms with Crippen molar-refractivity contribution < 1.29 is 9.90 Å². The number of Topliss-reactive ketones (excluding diaryl/α,β-unsaturated/α-hetero) is 1. The molecule has 0 saturated carbocycles. The minimum Gasteiger partial charge on any atom is -0.396 e. The van der Waals surface area contributed by atoms with Crippen LogP contribution in [0.5, 0.6) is 0 Å². The van der Waals surface area contributed by atoms with E-state index in [1.165, 1.54) is 0 Å². The highest BCUT2D eigenvalue weighted by molar-refractivity contribution is 5.75. The molecule has 0 rings (SSSR count). The predicted molar refractivity (Wildman–Crippen MR) is 49.9 cm³/mol. The van der Waals surface area contributed by atoms with Crippen LogP contribution in [0.1, 0.15) is 40.0 Å². The molecule has 0 aromatic heterocycles. The van der Waals surface area contributed by atoms with E-state index in [1.54, 1.807) is 6.92 Å². The highest BCUT2D eigenvalue weighted by atomic mass is 16.3. The fraction of sp³-hybridized carbons (Fsp3) is 0.900. The van der Waals surface area contributed by atoms with Crippen molar-refractivity contribution in [3.8, 4) is 0 Å². The van der Waals surface area contributed by atoms with Gasteiger partial charge in [-0.05, 0) is 31.6 Å². The third-order valence-corrected chi connectivity index (χ3v) is 1.97. The molecule has 1 unspecified atom stereocenters. The average Bonchev–Trinajstić information content (AvgIpc) is 1.97. The van der Waals surface area contributed by atoms with Gasteiger partial charge in [0.25, 0.3) is 0 Å². The van der Waals surface area contributed by atoms with Crippen LogP contribution in [0.3, 0.4) is 0 Å². The number of ketones is 1. The van der Waals surface area contributed by atoms with Crippen molar-refractivity contribution in [3.05, 3.63) is 0 Å². The summed E-state index contributed by atoms with van der Waals surface area (Å²) in [6.07, 6.45) is 2.46. The molecular weight excluding hydrogens is 152 g/mol. The first-order valence-corrected chi connectivity index (χ1v) is 4.66. The molecule has 2 nitrogen and oxygen atoms in total. The zero-order valence-corrected chi connectivity index (χ0v) is 8.34. The van der Waals surface area contributed by atoms with Gasteiger partial charge in [-0.15, -0.1) is 0 Å². The maximum Gasteiger partial charge on any atom is 0.129 e. The normalized spacial score (nSPS) is 13.4. The summed E-state index contributed by atoms with van der Waals surface area (Å²) >= 11 is 0. The summed E-state index contributed by atoms with van der Waals surface area (Å²) in [5, 5.41) is 8.98. The van der Waals surface area contributed by atoms with Crippen molar-refractivity contribution in [1.29, 1.82) is 0 Å². The second kappa shape index (κ2) is 6.18. The molecule has 0 spiro atoms. The molecular formula is C10H20O2. The Balaban J connectivity index is 3.60. The molecule has 0 aliphatic rings. The molecule has 0 aliphatic heterocycles. The maximum atomic E-state index is 10.7. The molecule has 0 bridgehead atoms. The summed E-state index contributed by atoms with van der Waals surface area (Å²) in [5.74, 6) is 1.14. The Hall–Kier alpha value is -0.370. The monoisotopic (exact) mass is 172 g/mol. The van der Waals surface area contributed by atoms with Crippen molar-refractivity contribution in [3.63, 3.8) is 0 Å². The molecule has 2 heteroatoms. The first kappa shape index (κ1) is 11.6.